The van der Waals surface area contributed by atoms with Crippen LogP contribution in [0.15, 0.2) is 16.5 Å². The molecule has 0 fully saturated rings. The molecule has 10 heteroatoms. The lowest BCUT2D eigenvalue weighted by Gasteiger charge is -2.22. The smallest absolute Gasteiger partial charge is 0.287 e. The predicted molar refractivity (Wildman–Crippen MR) is 118 cm³/mol. The summed E-state index contributed by atoms with van der Waals surface area (Å²) in [4.78, 5) is 42.3. The fourth-order valence-corrected chi connectivity index (χ4v) is 3.31. The number of ether oxygens (including phenoxy) is 2. The lowest BCUT2D eigenvalue weighted by molar-refractivity contribution is -0.136. The predicted octanol–water partition coefficient (Wildman–Crippen LogP) is 2.09. The van der Waals surface area contributed by atoms with Crippen LogP contribution in [0, 0.1) is 12.8 Å². The Morgan fingerprint density at radius 1 is 1.00 bits per heavy atom. The third kappa shape index (κ3) is 5.50. The Labute approximate surface area is 186 Å². The molecule has 176 valence electrons. The van der Waals surface area contributed by atoms with Crippen molar-refractivity contribution in [1.29, 1.82) is 0 Å². The van der Waals surface area contributed by atoms with E-state index in [0.29, 0.717) is 34.5 Å². The number of hydroxylamine groups is 1. The molecule has 0 aliphatic heterocycles. The highest BCUT2D eigenvalue weighted by Gasteiger charge is 2.28. The van der Waals surface area contributed by atoms with Gasteiger partial charge in [-0.25, -0.2) is 5.48 Å². The lowest BCUT2D eigenvalue weighted by atomic mass is 10.0. The molecule has 3 amide bonds. The summed E-state index contributed by atoms with van der Waals surface area (Å²) in [5, 5.41) is 6.01. The number of rotatable bonds is 10. The summed E-state index contributed by atoms with van der Waals surface area (Å²) < 4.78 is 16.5. The third-order valence-corrected chi connectivity index (χ3v) is 4.94. The maximum Gasteiger partial charge on any atom is 0.287 e. The number of aryl methyl sites for hydroxylation is 1. The monoisotopic (exact) mass is 449 g/mol. The molecule has 0 saturated carbocycles. The van der Waals surface area contributed by atoms with Crippen molar-refractivity contribution in [3.8, 4) is 11.5 Å². The van der Waals surface area contributed by atoms with Gasteiger partial charge in [0.1, 0.15) is 12.1 Å². The molecule has 0 spiro atoms. The van der Waals surface area contributed by atoms with Crippen LogP contribution in [0.2, 0.25) is 0 Å². The van der Waals surface area contributed by atoms with Crippen LogP contribution in [-0.2, 0) is 14.4 Å². The summed E-state index contributed by atoms with van der Waals surface area (Å²) in [6.45, 7) is 7.12. The van der Waals surface area contributed by atoms with Crippen molar-refractivity contribution >= 4 is 28.7 Å². The van der Waals surface area contributed by atoms with Crippen molar-refractivity contribution in [1.82, 2.24) is 16.1 Å². The maximum atomic E-state index is 13.1. The topological polar surface area (TPSA) is 128 Å². The number of methoxy groups -OCH3 is 2. The number of carbonyl (C=O) groups excluding carboxylic acids is 3. The van der Waals surface area contributed by atoms with Crippen molar-refractivity contribution in [2.75, 3.05) is 21.3 Å². The molecule has 32 heavy (non-hydrogen) atoms. The van der Waals surface area contributed by atoms with Gasteiger partial charge in [-0.2, -0.15) is 0 Å². The van der Waals surface area contributed by atoms with E-state index < -0.39 is 29.8 Å². The second-order valence-corrected chi connectivity index (χ2v) is 7.79. The van der Waals surface area contributed by atoms with E-state index in [1.807, 2.05) is 13.8 Å². The Balaban J connectivity index is 2.29. The first kappa shape index (κ1) is 25.0. The fraction of sp³-hybridized carbons (Fsp3) is 0.500. The molecule has 2 rings (SSSR count). The quantitative estimate of drug-likeness (QED) is 0.474. The van der Waals surface area contributed by atoms with Crippen molar-refractivity contribution in [3.63, 3.8) is 0 Å². The molecule has 1 aromatic carbocycles. The Bertz CT molecular complexity index is 984. The van der Waals surface area contributed by atoms with Gasteiger partial charge >= 0.3 is 0 Å². The molecular weight excluding hydrogens is 418 g/mol. The van der Waals surface area contributed by atoms with Gasteiger partial charge in [-0.1, -0.05) is 13.8 Å². The number of hydrogen-bond donors (Lipinski definition) is 3. The van der Waals surface area contributed by atoms with Gasteiger partial charge in [0.15, 0.2) is 17.1 Å². The first-order chi connectivity index (χ1) is 15.1. The van der Waals surface area contributed by atoms with E-state index >= 15 is 0 Å². The average Bonchev–Trinajstić information content (AvgIpc) is 3.08. The molecule has 2 unspecified atom stereocenters. The van der Waals surface area contributed by atoms with Gasteiger partial charge < -0.3 is 24.5 Å². The minimum absolute atomic E-state index is 0.0679. The number of fused-ring (bicyclic) bond motifs is 1. The van der Waals surface area contributed by atoms with Gasteiger partial charge in [-0.3, -0.25) is 19.2 Å². The Morgan fingerprint density at radius 3 is 2.25 bits per heavy atom. The number of amides is 3. The normalized spacial score (nSPS) is 12.9. The number of furan rings is 1. The van der Waals surface area contributed by atoms with E-state index in [-0.39, 0.29) is 11.7 Å². The lowest BCUT2D eigenvalue weighted by Crippen LogP contribution is -2.53. The highest BCUT2D eigenvalue weighted by molar-refractivity contribution is 6.02. The summed E-state index contributed by atoms with van der Waals surface area (Å²) in [5.41, 5.74) is 3.15. The molecule has 1 heterocycles. The van der Waals surface area contributed by atoms with Crippen LogP contribution in [0.25, 0.3) is 11.0 Å². The molecule has 2 aromatic rings. The van der Waals surface area contributed by atoms with Crippen LogP contribution in [0.1, 0.15) is 43.3 Å². The summed E-state index contributed by atoms with van der Waals surface area (Å²) in [6, 6.07) is 1.79. The van der Waals surface area contributed by atoms with Crippen molar-refractivity contribution in [2.24, 2.45) is 5.92 Å². The Kier molecular flexibility index (Phi) is 8.48. The molecule has 2 atom stereocenters. The SMILES string of the molecule is CONC(=O)C(C)NC(=O)C(CC(C)C)NC(=O)c1oc2c(OC)c(OC)ccc2c1C. The van der Waals surface area contributed by atoms with Crippen LogP contribution in [0.5, 0.6) is 11.5 Å². The molecule has 1 aromatic heterocycles. The summed E-state index contributed by atoms with van der Waals surface area (Å²) in [5.74, 6) is -0.519. The van der Waals surface area contributed by atoms with E-state index in [1.54, 1.807) is 19.1 Å². The van der Waals surface area contributed by atoms with Crippen LogP contribution in [0.3, 0.4) is 0 Å². The van der Waals surface area contributed by atoms with Crippen molar-refractivity contribution in [2.45, 2.75) is 46.2 Å². The highest BCUT2D eigenvalue weighted by atomic mass is 16.6. The Morgan fingerprint density at radius 2 is 1.69 bits per heavy atom. The first-order valence-electron chi connectivity index (χ1n) is 10.2. The zero-order valence-electron chi connectivity index (χ0n) is 19.5. The van der Waals surface area contributed by atoms with Crippen LogP contribution in [-0.4, -0.2) is 51.1 Å². The zero-order valence-corrected chi connectivity index (χ0v) is 19.5. The molecule has 0 radical (unpaired) electrons. The summed E-state index contributed by atoms with van der Waals surface area (Å²) in [7, 11) is 4.30. The van der Waals surface area contributed by atoms with Crippen LogP contribution < -0.4 is 25.6 Å². The van der Waals surface area contributed by atoms with Crippen molar-refractivity contribution in [3.05, 3.63) is 23.5 Å². The minimum Gasteiger partial charge on any atom is -0.493 e. The Hall–Kier alpha value is -3.27. The largest absolute Gasteiger partial charge is 0.493 e. The van der Waals surface area contributed by atoms with E-state index in [1.165, 1.54) is 28.3 Å². The van der Waals surface area contributed by atoms with Gasteiger partial charge in [0.05, 0.1) is 21.3 Å². The second-order valence-electron chi connectivity index (χ2n) is 7.79. The van der Waals surface area contributed by atoms with E-state index in [4.69, 9.17) is 13.9 Å². The highest BCUT2D eigenvalue weighted by Crippen LogP contribution is 2.39. The molecule has 0 aliphatic carbocycles. The average molecular weight is 450 g/mol. The minimum atomic E-state index is -0.871. The zero-order chi connectivity index (χ0) is 24.0. The molecule has 10 nitrogen and oxygen atoms in total. The number of carbonyl (C=O) groups is 3. The molecule has 0 saturated heterocycles. The number of nitrogens with one attached hydrogen (secondary N) is 3. The first-order valence-corrected chi connectivity index (χ1v) is 10.2. The van der Waals surface area contributed by atoms with E-state index in [2.05, 4.69) is 21.0 Å². The molecular formula is C22H31N3O7. The maximum absolute atomic E-state index is 13.1. The standard InChI is InChI=1S/C22H31N3O7/c1-11(2)10-15(21(27)23-13(4)20(26)25-31-7)24-22(28)17-12(3)14-8-9-16(29-5)19(30-6)18(14)32-17/h8-9,11,13,15H,10H2,1-7H3,(H,23,27)(H,24,28)(H,25,26). The third-order valence-electron chi connectivity index (χ3n) is 4.94. The molecule has 0 aliphatic rings. The van der Waals surface area contributed by atoms with Gasteiger partial charge in [-0.05, 0) is 38.3 Å². The number of benzene rings is 1. The van der Waals surface area contributed by atoms with Gasteiger partial charge in [-0.15, -0.1) is 0 Å². The van der Waals surface area contributed by atoms with Gasteiger partial charge in [0.25, 0.3) is 11.8 Å². The fourth-order valence-electron chi connectivity index (χ4n) is 3.31. The van der Waals surface area contributed by atoms with E-state index in [0.717, 1.165) is 0 Å². The van der Waals surface area contributed by atoms with Crippen molar-refractivity contribution < 1.29 is 33.1 Å². The number of hydrogen-bond acceptors (Lipinski definition) is 7. The molecule has 0 bridgehead atoms. The van der Waals surface area contributed by atoms with Crippen LogP contribution >= 0.6 is 0 Å². The molecule has 3 N–H and O–H groups in total. The summed E-state index contributed by atoms with van der Waals surface area (Å²) >= 11 is 0. The van der Waals surface area contributed by atoms with E-state index in [9.17, 15) is 14.4 Å². The summed E-state index contributed by atoms with van der Waals surface area (Å²) in [6.07, 6.45) is 0.368. The van der Waals surface area contributed by atoms with Crippen LogP contribution in [0.4, 0.5) is 0 Å². The van der Waals surface area contributed by atoms with Gasteiger partial charge in [0.2, 0.25) is 11.7 Å². The second kappa shape index (κ2) is 10.9. The van der Waals surface area contributed by atoms with Gasteiger partial charge in [0, 0.05) is 10.9 Å².